The van der Waals surface area contributed by atoms with Crippen LogP contribution in [0.1, 0.15) is 13.8 Å². The number of nitro groups is 1. The summed E-state index contributed by atoms with van der Waals surface area (Å²) >= 11 is 0. The fourth-order valence-corrected chi connectivity index (χ4v) is 1.69. The maximum atomic E-state index is 11.5. The molecule has 1 heterocycles. The first-order chi connectivity index (χ1) is 9.49. The number of benzene rings is 1. The van der Waals surface area contributed by atoms with Crippen LogP contribution < -0.4 is 10.6 Å². The zero-order valence-electron chi connectivity index (χ0n) is 10.9. The van der Waals surface area contributed by atoms with Gasteiger partial charge in [-0.15, -0.1) is 0 Å². The quantitative estimate of drug-likeness (QED) is 0.619. The summed E-state index contributed by atoms with van der Waals surface area (Å²) < 4.78 is 4.52. The number of nitro benzene ring substituents is 1. The molecule has 1 amide bonds. The molecule has 0 bridgehead atoms. The molecule has 0 saturated carbocycles. The summed E-state index contributed by atoms with van der Waals surface area (Å²) in [5.41, 5.74) is 0.519. The number of nitrogens with zero attached hydrogens (tertiary/aromatic N) is 3. The van der Waals surface area contributed by atoms with Gasteiger partial charge in [0.05, 0.1) is 17.2 Å². The molecule has 0 fully saturated rings. The Kier molecular flexibility index (Phi) is 3.78. The minimum atomic E-state index is -0.568. The summed E-state index contributed by atoms with van der Waals surface area (Å²) in [7, 11) is 0. The van der Waals surface area contributed by atoms with E-state index in [-0.39, 0.29) is 35.2 Å². The molecule has 0 aliphatic rings. The van der Waals surface area contributed by atoms with E-state index in [2.05, 4.69) is 25.6 Å². The lowest BCUT2D eigenvalue weighted by Gasteiger charge is -2.09. The predicted molar refractivity (Wildman–Crippen MR) is 70.2 cm³/mol. The normalized spacial score (nSPS) is 10.8. The lowest BCUT2D eigenvalue weighted by molar-refractivity contribution is -0.383. The van der Waals surface area contributed by atoms with Crippen molar-refractivity contribution >= 4 is 28.3 Å². The van der Waals surface area contributed by atoms with Crippen LogP contribution in [-0.2, 0) is 4.79 Å². The Morgan fingerprint density at radius 2 is 2.10 bits per heavy atom. The monoisotopic (exact) mass is 279 g/mol. The molecule has 0 aliphatic heterocycles. The summed E-state index contributed by atoms with van der Waals surface area (Å²) in [5, 5.41) is 23.5. The van der Waals surface area contributed by atoms with Gasteiger partial charge in [0.2, 0.25) is 11.4 Å². The van der Waals surface area contributed by atoms with Gasteiger partial charge in [0.1, 0.15) is 0 Å². The Hall–Kier alpha value is -2.71. The van der Waals surface area contributed by atoms with Crippen molar-refractivity contribution in [1.29, 1.82) is 0 Å². The van der Waals surface area contributed by atoms with Crippen LogP contribution in [-0.4, -0.2) is 33.7 Å². The molecule has 0 aliphatic carbocycles. The molecule has 0 saturated heterocycles. The van der Waals surface area contributed by atoms with E-state index in [9.17, 15) is 14.9 Å². The first-order valence-electron chi connectivity index (χ1n) is 5.92. The maximum absolute atomic E-state index is 11.5. The molecule has 106 valence electrons. The van der Waals surface area contributed by atoms with Crippen molar-refractivity contribution in [3.8, 4) is 0 Å². The summed E-state index contributed by atoms with van der Waals surface area (Å²) in [6.07, 6.45) is 0. The maximum Gasteiger partial charge on any atom is 0.300 e. The van der Waals surface area contributed by atoms with Gasteiger partial charge in [-0.1, -0.05) is 0 Å². The molecular weight excluding hydrogens is 266 g/mol. The second-order valence-corrected chi connectivity index (χ2v) is 4.43. The van der Waals surface area contributed by atoms with Crippen LogP contribution in [0.2, 0.25) is 0 Å². The SMILES string of the molecule is CC(C)NC(=O)CNc1ccc([N+](=O)[O-])c2nonc12. The number of fused-ring (bicyclic) bond motifs is 1. The van der Waals surface area contributed by atoms with Gasteiger partial charge < -0.3 is 10.6 Å². The van der Waals surface area contributed by atoms with E-state index in [0.29, 0.717) is 5.69 Å². The van der Waals surface area contributed by atoms with Crippen LogP contribution in [0.25, 0.3) is 11.0 Å². The highest BCUT2D eigenvalue weighted by Gasteiger charge is 2.19. The van der Waals surface area contributed by atoms with Gasteiger partial charge >= 0.3 is 5.69 Å². The Labute approximate surface area is 113 Å². The minimum Gasteiger partial charge on any atom is -0.374 e. The molecule has 0 spiro atoms. The zero-order valence-corrected chi connectivity index (χ0v) is 10.9. The molecule has 0 unspecified atom stereocenters. The number of carbonyl (C=O) groups excluding carboxylic acids is 1. The second kappa shape index (κ2) is 5.51. The molecule has 0 atom stereocenters. The van der Waals surface area contributed by atoms with Gasteiger partial charge in [-0.05, 0) is 30.2 Å². The Morgan fingerprint density at radius 3 is 2.75 bits per heavy atom. The van der Waals surface area contributed by atoms with Crippen LogP contribution in [0.4, 0.5) is 11.4 Å². The van der Waals surface area contributed by atoms with Crippen LogP contribution in [0.15, 0.2) is 16.8 Å². The summed E-state index contributed by atoms with van der Waals surface area (Å²) in [6, 6.07) is 2.79. The van der Waals surface area contributed by atoms with Crippen molar-refractivity contribution in [1.82, 2.24) is 15.6 Å². The van der Waals surface area contributed by atoms with Crippen molar-refractivity contribution in [3.63, 3.8) is 0 Å². The van der Waals surface area contributed by atoms with Gasteiger partial charge in [0.25, 0.3) is 0 Å². The topological polar surface area (TPSA) is 123 Å². The second-order valence-electron chi connectivity index (χ2n) is 4.43. The third-order valence-corrected chi connectivity index (χ3v) is 2.48. The van der Waals surface area contributed by atoms with Gasteiger partial charge in [-0.25, -0.2) is 4.63 Å². The fraction of sp³-hybridized carbons (Fsp3) is 0.364. The number of anilines is 1. The van der Waals surface area contributed by atoms with Gasteiger partial charge in [0.15, 0.2) is 5.52 Å². The Morgan fingerprint density at radius 1 is 1.40 bits per heavy atom. The number of non-ortho nitro benzene ring substituents is 1. The number of amides is 1. The predicted octanol–water partition coefficient (Wildman–Crippen LogP) is 1.07. The largest absolute Gasteiger partial charge is 0.374 e. The van der Waals surface area contributed by atoms with E-state index in [0.717, 1.165) is 0 Å². The van der Waals surface area contributed by atoms with Crippen LogP contribution >= 0.6 is 0 Å². The average Bonchev–Trinajstić information content (AvgIpc) is 2.83. The third-order valence-electron chi connectivity index (χ3n) is 2.48. The molecule has 1 aromatic carbocycles. The van der Waals surface area contributed by atoms with Crippen molar-refractivity contribution in [2.45, 2.75) is 19.9 Å². The Bertz CT molecular complexity index is 651. The van der Waals surface area contributed by atoms with Crippen molar-refractivity contribution in [2.75, 3.05) is 11.9 Å². The van der Waals surface area contributed by atoms with Crippen molar-refractivity contribution < 1.29 is 14.3 Å². The summed E-state index contributed by atoms with van der Waals surface area (Å²) in [5.74, 6) is -0.192. The molecule has 2 aromatic rings. The third kappa shape index (κ3) is 2.82. The fourth-order valence-electron chi connectivity index (χ4n) is 1.69. The number of hydrogen-bond acceptors (Lipinski definition) is 7. The molecule has 20 heavy (non-hydrogen) atoms. The van der Waals surface area contributed by atoms with E-state index in [1.807, 2.05) is 13.8 Å². The first-order valence-corrected chi connectivity index (χ1v) is 5.92. The standard InChI is InChI=1S/C11H13N5O4/c1-6(2)13-9(17)5-12-7-3-4-8(16(18)19)11-10(7)14-20-15-11/h3-4,6,12H,5H2,1-2H3,(H,13,17). The van der Waals surface area contributed by atoms with Crippen LogP contribution in [0, 0.1) is 10.1 Å². The Balaban J connectivity index is 2.20. The van der Waals surface area contributed by atoms with Gasteiger partial charge in [-0.3, -0.25) is 14.9 Å². The molecule has 9 heteroatoms. The smallest absolute Gasteiger partial charge is 0.300 e. The lowest BCUT2D eigenvalue weighted by Crippen LogP contribution is -2.34. The number of aromatic nitrogens is 2. The number of rotatable bonds is 5. The number of hydrogen-bond donors (Lipinski definition) is 2. The highest BCUT2D eigenvalue weighted by molar-refractivity contribution is 5.94. The van der Waals surface area contributed by atoms with Crippen molar-refractivity contribution in [3.05, 3.63) is 22.2 Å². The van der Waals surface area contributed by atoms with E-state index >= 15 is 0 Å². The summed E-state index contributed by atoms with van der Waals surface area (Å²) in [4.78, 5) is 21.8. The van der Waals surface area contributed by atoms with Gasteiger partial charge in [0, 0.05) is 12.1 Å². The molecule has 2 rings (SSSR count). The van der Waals surface area contributed by atoms with Crippen LogP contribution in [0.3, 0.4) is 0 Å². The molecular formula is C11H13N5O4. The van der Waals surface area contributed by atoms with E-state index in [4.69, 9.17) is 0 Å². The number of carbonyl (C=O) groups is 1. The molecule has 1 aromatic heterocycles. The van der Waals surface area contributed by atoms with Crippen molar-refractivity contribution in [2.24, 2.45) is 0 Å². The highest BCUT2D eigenvalue weighted by atomic mass is 16.6. The van der Waals surface area contributed by atoms with E-state index < -0.39 is 4.92 Å². The summed E-state index contributed by atoms with van der Waals surface area (Å²) in [6.45, 7) is 3.73. The average molecular weight is 279 g/mol. The molecule has 2 N–H and O–H groups in total. The first kappa shape index (κ1) is 13.7. The number of nitrogens with one attached hydrogen (secondary N) is 2. The minimum absolute atomic E-state index is 0.0257. The van der Waals surface area contributed by atoms with E-state index in [1.165, 1.54) is 12.1 Å². The molecule has 9 nitrogen and oxygen atoms in total. The lowest BCUT2D eigenvalue weighted by atomic mass is 10.2. The van der Waals surface area contributed by atoms with Crippen LogP contribution in [0.5, 0.6) is 0 Å². The molecule has 0 radical (unpaired) electrons. The zero-order chi connectivity index (χ0) is 14.7. The van der Waals surface area contributed by atoms with E-state index in [1.54, 1.807) is 0 Å². The highest BCUT2D eigenvalue weighted by Crippen LogP contribution is 2.28. The van der Waals surface area contributed by atoms with Gasteiger partial charge in [-0.2, -0.15) is 0 Å².